The van der Waals surface area contributed by atoms with Gasteiger partial charge in [-0.15, -0.1) is 0 Å². The summed E-state index contributed by atoms with van der Waals surface area (Å²) in [6.07, 6.45) is 0.450. The van der Waals surface area contributed by atoms with Crippen molar-refractivity contribution in [2.75, 3.05) is 13.2 Å². The van der Waals surface area contributed by atoms with Crippen molar-refractivity contribution in [2.45, 2.75) is 6.54 Å². The van der Waals surface area contributed by atoms with Crippen LogP contribution in [0.15, 0.2) is 36.4 Å². The minimum absolute atomic E-state index is 0.0125. The van der Waals surface area contributed by atoms with Crippen LogP contribution >= 0.6 is 0 Å². The predicted octanol–water partition coefficient (Wildman–Crippen LogP) is 0.353. The zero-order valence-corrected chi connectivity index (χ0v) is 13.2. The van der Waals surface area contributed by atoms with Crippen LogP contribution in [0.2, 0.25) is 0 Å². The lowest BCUT2D eigenvalue weighted by molar-refractivity contribution is 0.0732. The molecule has 2 aromatic rings. The number of ether oxygens (including phenoxy) is 1. The second-order valence-corrected chi connectivity index (χ2v) is 5.63. The van der Waals surface area contributed by atoms with Gasteiger partial charge in [-0.25, -0.2) is 4.39 Å². The second-order valence-electron chi connectivity index (χ2n) is 5.63. The first-order valence-corrected chi connectivity index (χ1v) is 7.66. The number of rotatable bonds is 3. The van der Waals surface area contributed by atoms with E-state index in [1.807, 2.05) is 0 Å². The lowest BCUT2D eigenvalue weighted by atomic mass is 9.77. The van der Waals surface area contributed by atoms with Gasteiger partial charge in [-0.05, 0) is 29.7 Å². The van der Waals surface area contributed by atoms with Gasteiger partial charge in [0.05, 0.1) is 13.1 Å². The molecule has 1 aliphatic heterocycles. The first-order valence-electron chi connectivity index (χ1n) is 7.66. The molecular weight excluding hydrogens is 328 g/mol. The van der Waals surface area contributed by atoms with Crippen molar-refractivity contribution < 1.29 is 28.8 Å². The van der Waals surface area contributed by atoms with Gasteiger partial charge in [-0.1, -0.05) is 12.1 Å². The highest BCUT2D eigenvalue weighted by molar-refractivity contribution is 6.60. The van der Waals surface area contributed by atoms with Crippen molar-refractivity contribution in [3.63, 3.8) is 0 Å². The Kier molecular flexibility index (Phi) is 4.82. The topological polar surface area (TPSA) is 87.1 Å². The maximum absolute atomic E-state index is 14.0. The van der Waals surface area contributed by atoms with Crippen molar-refractivity contribution in [2.24, 2.45) is 0 Å². The summed E-state index contributed by atoms with van der Waals surface area (Å²) in [6, 6.07) is 8.49. The molecule has 8 heteroatoms. The number of carbonyl (C=O) groups is 2. The van der Waals surface area contributed by atoms with E-state index in [4.69, 9.17) is 4.74 Å². The average molecular weight is 343 g/mol. The van der Waals surface area contributed by atoms with Crippen LogP contribution in [0.3, 0.4) is 0 Å². The monoisotopic (exact) mass is 343 g/mol. The third-order valence-electron chi connectivity index (χ3n) is 4.07. The third kappa shape index (κ3) is 3.40. The average Bonchev–Trinajstić information content (AvgIpc) is 2.84. The molecule has 6 nitrogen and oxygen atoms in total. The Hall–Kier alpha value is -2.71. The predicted molar refractivity (Wildman–Crippen MR) is 88.3 cm³/mol. The number of amides is 1. The summed E-state index contributed by atoms with van der Waals surface area (Å²) < 4.78 is 19.5. The molecule has 2 aromatic carbocycles. The minimum Gasteiger partial charge on any atom is -0.491 e. The summed E-state index contributed by atoms with van der Waals surface area (Å²) in [5, 5.41) is 18.5. The molecule has 0 aliphatic carbocycles. The van der Waals surface area contributed by atoms with Gasteiger partial charge in [0.2, 0.25) is 0 Å². The minimum atomic E-state index is -1.81. The lowest BCUT2D eigenvalue weighted by Gasteiger charge is -2.20. The van der Waals surface area contributed by atoms with E-state index in [0.29, 0.717) is 17.6 Å². The zero-order valence-electron chi connectivity index (χ0n) is 13.2. The quantitative estimate of drug-likeness (QED) is 0.621. The molecule has 1 aliphatic rings. The normalized spacial score (nSPS) is 13.5. The number of nitrogens with zero attached hydrogens (tertiary/aromatic N) is 1. The Morgan fingerprint density at radius 3 is 2.80 bits per heavy atom. The fourth-order valence-electron chi connectivity index (χ4n) is 2.76. The van der Waals surface area contributed by atoms with Crippen LogP contribution in [0.1, 0.15) is 26.3 Å². The third-order valence-corrected chi connectivity index (χ3v) is 4.07. The maximum Gasteiger partial charge on any atom is 0.489 e. The van der Waals surface area contributed by atoms with Crippen LogP contribution in [-0.4, -0.2) is 47.4 Å². The van der Waals surface area contributed by atoms with E-state index in [0.717, 1.165) is 0 Å². The van der Waals surface area contributed by atoms with E-state index in [1.54, 1.807) is 12.1 Å². The van der Waals surface area contributed by atoms with E-state index in [1.165, 1.54) is 29.2 Å². The molecule has 0 spiro atoms. The van der Waals surface area contributed by atoms with Crippen molar-refractivity contribution in [3.8, 4) is 5.75 Å². The maximum atomic E-state index is 14.0. The van der Waals surface area contributed by atoms with E-state index < -0.39 is 18.8 Å². The highest BCUT2D eigenvalue weighted by Crippen LogP contribution is 2.26. The molecule has 1 amide bonds. The fraction of sp³-hybridized carbons (Fsp3) is 0.176. The molecular formula is C17H15BFNO5. The van der Waals surface area contributed by atoms with Crippen LogP contribution in [0.5, 0.6) is 5.75 Å². The number of aldehydes is 1. The van der Waals surface area contributed by atoms with Crippen molar-refractivity contribution in [1.29, 1.82) is 0 Å². The Balaban J connectivity index is 1.91. The molecule has 0 unspecified atom stereocenters. The van der Waals surface area contributed by atoms with Crippen LogP contribution in [0, 0.1) is 5.82 Å². The summed E-state index contributed by atoms with van der Waals surface area (Å²) in [5.41, 5.74) is 0.526. The number of benzene rings is 2. The number of hydrogen-bond donors (Lipinski definition) is 2. The van der Waals surface area contributed by atoms with Crippen molar-refractivity contribution >= 4 is 24.8 Å². The molecule has 0 fully saturated rings. The molecule has 0 saturated carbocycles. The molecule has 0 bridgehead atoms. The van der Waals surface area contributed by atoms with Gasteiger partial charge in [-0.2, -0.15) is 0 Å². The molecule has 0 saturated heterocycles. The van der Waals surface area contributed by atoms with E-state index in [-0.39, 0.29) is 36.3 Å². The molecule has 0 atom stereocenters. The first-order chi connectivity index (χ1) is 12.0. The Labute approximate surface area is 143 Å². The summed E-state index contributed by atoms with van der Waals surface area (Å²) in [6.45, 7) is 0.519. The van der Waals surface area contributed by atoms with Gasteiger partial charge in [-0.3, -0.25) is 9.59 Å². The smallest absolute Gasteiger partial charge is 0.489 e. The first kappa shape index (κ1) is 17.1. The number of hydrogen-bond acceptors (Lipinski definition) is 5. The van der Waals surface area contributed by atoms with Crippen molar-refractivity contribution in [3.05, 3.63) is 58.9 Å². The Morgan fingerprint density at radius 2 is 2.08 bits per heavy atom. The summed E-state index contributed by atoms with van der Waals surface area (Å²) in [7, 11) is -1.81. The summed E-state index contributed by atoms with van der Waals surface area (Å²) in [5.74, 6) is -0.450. The van der Waals surface area contributed by atoms with E-state index >= 15 is 0 Å². The van der Waals surface area contributed by atoms with E-state index in [9.17, 15) is 24.0 Å². The second kappa shape index (κ2) is 7.04. The van der Waals surface area contributed by atoms with Gasteiger partial charge >= 0.3 is 7.12 Å². The molecule has 128 valence electrons. The van der Waals surface area contributed by atoms with Gasteiger partial charge in [0.1, 0.15) is 24.5 Å². The van der Waals surface area contributed by atoms with Gasteiger partial charge in [0, 0.05) is 16.7 Å². The Bertz CT molecular complexity index is 827. The van der Waals surface area contributed by atoms with Crippen LogP contribution in [0.25, 0.3) is 0 Å². The van der Waals surface area contributed by atoms with Gasteiger partial charge in [0.15, 0.2) is 0 Å². The number of carbonyl (C=O) groups excluding carboxylic acids is 2. The Morgan fingerprint density at radius 1 is 1.28 bits per heavy atom. The molecule has 0 radical (unpaired) electrons. The molecule has 2 N–H and O–H groups in total. The molecule has 3 rings (SSSR count). The zero-order chi connectivity index (χ0) is 18.0. The summed E-state index contributed by atoms with van der Waals surface area (Å²) >= 11 is 0. The fourth-order valence-corrected chi connectivity index (χ4v) is 2.76. The van der Waals surface area contributed by atoms with Gasteiger partial charge in [0.25, 0.3) is 5.91 Å². The van der Waals surface area contributed by atoms with Gasteiger partial charge < -0.3 is 19.7 Å². The lowest BCUT2D eigenvalue weighted by Crippen LogP contribution is -2.35. The van der Waals surface area contributed by atoms with Crippen LogP contribution < -0.4 is 10.2 Å². The molecule has 25 heavy (non-hydrogen) atoms. The van der Waals surface area contributed by atoms with Crippen LogP contribution in [-0.2, 0) is 6.54 Å². The number of halogens is 1. The standard InChI is InChI=1S/C17H15BFNO5/c19-15-2-1-3-16-13(15)9-20(6-7-25-16)17(22)11-4-5-14(18(23)24)12(8-11)10-21/h1-5,8,10,23-24H,6-7,9H2. The van der Waals surface area contributed by atoms with Crippen molar-refractivity contribution in [1.82, 2.24) is 4.90 Å². The highest BCUT2D eigenvalue weighted by atomic mass is 19.1. The highest BCUT2D eigenvalue weighted by Gasteiger charge is 2.24. The number of fused-ring (bicyclic) bond motifs is 1. The molecule has 1 heterocycles. The van der Waals surface area contributed by atoms with E-state index in [2.05, 4.69) is 0 Å². The summed E-state index contributed by atoms with van der Waals surface area (Å²) in [4.78, 5) is 25.3. The SMILES string of the molecule is O=Cc1cc(C(=O)N2CCOc3cccc(F)c3C2)ccc1B(O)O. The van der Waals surface area contributed by atoms with Crippen LogP contribution in [0.4, 0.5) is 4.39 Å². The molecule has 0 aromatic heterocycles. The largest absolute Gasteiger partial charge is 0.491 e.